The number of aromatic nitrogens is 2. The lowest BCUT2D eigenvalue weighted by Crippen LogP contribution is -2.20. The van der Waals surface area contributed by atoms with Gasteiger partial charge in [0, 0.05) is 6.04 Å². The van der Waals surface area contributed by atoms with Crippen LogP contribution in [0.25, 0.3) is 0 Å². The van der Waals surface area contributed by atoms with E-state index in [4.69, 9.17) is 9.47 Å². The average molecular weight is 279 g/mol. The Morgan fingerprint density at radius 2 is 2.20 bits per heavy atom. The van der Waals surface area contributed by atoms with Crippen LogP contribution < -0.4 is 10.1 Å². The molecule has 0 aliphatic heterocycles. The third-order valence-electron chi connectivity index (χ3n) is 3.31. The molecule has 2 atom stereocenters. The second kappa shape index (κ2) is 7.07. The molecule has 0 spiro atoms. The van der Waals surface area contributed by atoms with E-state index in [1.807, 2.05) is 13.8 Å². The van der Waals surface area contributed by atoms with Crippen molar-refractivity contribution in [1.82, 2.24) is 9.97 Å². The molecule has 1 heterocycles. The summed E-state index contributed by atoms with van der Waals surface area (Å²) in [6.45, 7) is 4.74. The van der Waals surface area contributed by atoms with Gasteiger partial charge in [0.2, 0.25) is 5.88 Å². The van der Waals surface area contributed by atoms with E-state index >= 15 is 0 Å². The largest absolute Gasteiger partial charge is 0.477 e. The molecule has 0 bridgehead atoms. The van der Waals surface area contributed by atoms with Crippen molar-refractivity contribution < 1.29 is 14.3 Å². The Bertz CT molecular complexity index is 453. The summed E-state index contributed by atoms with van der Waals surface area (Å²) >= 11 is 0. The highest BCUT2D eigenvalue weighted by atomic mass is 16.5. The predicted octanol–water partition coefficient (Wildman–Crippen LogP) is 2.02. The maximum Gasteiger partial charge on any atom is 0.308 e. The van der Waals surface area contributed by atoms with E-state index in [0.717, 1.165) is 19.3 Å². The van der Waals surface area contributed by atoms with Gasteiger partial charge in [-0.1, -0.05) is 0 Å². The van der Waals surface area contributed by atoms with Crippen molar-refractivity contribution in [3.63, 3.8) is 0 Å². The maximum absolute atomic E-state index is 11.7. The number of carbonyl (C=O) groups excluding carboxylic acids is 1. The highest BCUT2D eigenvalue weighted by Crippen LogP contribution is 2.28. The molecule has 1 fully saturated rings. The van der Waals surface area contributed by atoms with E-state index in [2.05, 4.69) is 15.3 Å². The molecule has 6 nitrogen and oxygen atoms in total. The number of carbonyl (C=O) groups is 1. The van der Waals surface area contributed by atoms with Gasteiger partial charge in [-0.15, -0.1) is 0 Å². The van der Waals surface area contributed by atoms with Crippen molar-refractivity contribution in [2.45, 2.75) is 39.2 Å². The minimum atomic E-state index is -0.0917. The first-order valence-corrected chi connectivity index (χ1v) is 7.11. The van der Waals surface area contributed by atoms with Crippen molar-refractivity contribution in [1.29, 1.82) is 0 Å². The molecule has 2 rings (SSSR count). The van der Waals surface area contributed by atoms with Crippen LogP contribution in [0, 0.1) is 5.92 Å². The van der Waals surface area contributed by atoms with E-state index in [0.29, 0.717) is 24.9 Å². The number of ether oxygens (including phenoxy) is 2. The standard InChI is InChI=1S/C14H21N3O3/c1-3-19-13-9-15-8-12(17-13)16-11-6-5-10(7-11)14(18)20-4-2/h8-11H,3-7H2,1-2H3,(H,16,17). The Morgan fingerprint density at radius 3 is 2.95 bits per heavy atom. The molecule has 0 aromatic carbocycles. The minimum absolute atomic E-state index is 0.00418. The molecular weight excluding hydrogens is 258 g/mol. The molecule has 1 saturated carbocycles. The summed E-state index contributed by atoms with van der Waals surface area (Å²) in [6.07, 6.45) is 5.82. The van der Waals surface area contributed by atoms with Gasteiger partial charge in [0.05, 0.1) is 31.5 Å². The third-order valence-corrected chi connectivity index (χ3v) is 3.31. The normalized spacial score (nSPS) is 21.5. The maximum atomic E-state index is 11.7. The van der Waals surface area contributed by atoms with Crippen LogP contribution in [0.3, 0.4) is 0 Å². The molecule has 0 radical (unpaired) electrons. The molecule has 1 aliphatic rings. The molecule has 0 saturated heterocycles. The van der Waals surface area contributed by atoms with Gasteiger partial charge in [-0.3, -0.25) is 9.78 Å². The summed E-state index contributed by atoms with van der Waals surface area (Å²) < 4.78 is 10.4. The zero-order valence-corrected chi connectivity index (χ0v) is 12.0. The van der Waals surface area contributed by atoms with Crippen molar-refractivity contribution >= 4 is 11.8 Å². The first kappa shape index (κ1) is 14.6. The zero-order chi connectivity index (χ0) is 14.4. The number of nitrogens with zero attached hydrogens (tertiary/aromatic N) is 2. The summed E-state index contributed by atoms with van der Waals surface area (Å²) in [5.74, 6) is 1.10. The molecule has 1 aromatic heterocycles. The first-order valence-electron chi connectivity index (χ1n) is 7.11. The summed E-state index contributed by atoms with van der Waals surface area (Å²) in [5, 5.41) is 3.31. The fourth-order valence-corrected chi connectivity index (χ4v) is 2.43. The molecule has 110 valence electrons. The number of hydrogen-bond acceptors (Lipinski definition) is 6. The van der Waals surface area contributed by atoms with Crippen LogP contribution in [0.5, 0.6) is 5.88 Å². The summed E-state index contributed by atoms with van der Waals surface area (Å²) in [5.41, 5.74) is 0. The SMILES string of the molecule is CCOC(=O)C1CCC(Nc2cncc(OCC)n2)C1. The molecule has 0 amide bonds. The third kappa shape index (κ3) is 3.82. The summed E-state index contributed by atoms with van der Waals surface area (Å²) in [6, 6.07) is 0.232. The molecule has 20 heavy (non-hydrogen) atoms. The van der Waals surface area contributed by atoms with Gasteiger partial charge in [-0.25, -0.2) is 0 Å². The van der Waals surface area contributed by atoms with Gasteiger partial charge < -0.3 is 14.8 Å². The van der Waals surface area contributed by atoms with Crippen LogP contribution in [0.1, 0.15) is 33.1 Å². The monoisotopic (exact) mass is 279 g/mol. The molecule has 1 aliphatic carbocycles. The second-order valence-corrected chi connectivity index (χ2v) is 4.78. The van der Waals surface area contributed by atoms with E-state index in [-0.39, 0.29) is 17.9 Å². The predicted molar refractivity (Wildman–Crippen MR) is 74.6 cm³/mol. The lowest BCUT2D eigenvalue weighted by Gasteiger charge is -2.14. The Labute approximate surface area is 118 Å². The number of anilines is 1. The lowest BCUT2D eigenvalue weighted by molar-refractivity contribution is -0.147. The minimum Gasteiger partial charge on any atom is -0.477 e. The molecule has 1 N–H and O–H groups in total. The molecular formula is C14H21N3O3. The van der Waals surface area contributed by atoms with E-state index in [9.17, 15) is 4.79 Å². The summed E-state index contributed by atoms with van der Waals surface area (Å²) in [7, 11) is 0. The van der Waals surface area contributed by atoms with Crippen molar-refractivity contribution in [3.05, 3.63) is 12.4 Å². The highest BCUT2D eigenvalue weighted by Gasteiger charge is 2.31. The smallest absolute Gasteiger partial charge is 0.308 e. The van der Waals surface area contributed by atoms with E-state index < -0.39 is 0 Å². The fourth-order valence-electron chi connectivity index (χ4n) is 2.43. The Kier molecular flexibility index (Phi) is 5.15. The van der Waals surface area contributed by atoms with Crippen LogP contribution in [-0.2, 0) is 9.53 Å². The van der Waals surface area contributed by atoms with E-state index in [1.54, 1.807) is 12.4 Å². The first-order chi connectivity index (χ1) is 9.72. The van der Waals surface area contributed by atoms with Crippen molar-refractivity contribution in [2.24, 2.45) is 5.92 Å². The fraction of sp³-hybridized carbons (Fsp3) is 0.643. The van der Waals surface area contributed by atoms with Gasteiger partial charge in [0.1, 0.15) is 5.82 Å². The Balaban J connectivity index is 1.88. The van der Waals surface area contributed by atoms with Gasteiger partial charge >= 0.3 is 5.97 Å². The van der Waals surface area contributed by atoms with E-state index in [1.165, 1.54) is 0 Å². The Morgan fingerprint density at radius 1 is 1.35 bits per heavy atom. The average Bonchev–Trinajstić information content (AvgIpc) is 2.88. The van der Waals surface area contributed by atoms with Crippen molar-refractivity contribution in [2.75, 3.05) is 18.5 Å². The number of hydrogen-bond donors (Lipinski definition) is 1. The Hall–Kier alpha value is -1.85. The number of esters is 1. The molecule has 1 aromatic rings. The number of rotatable bonds is 6. The van der Waals surface area contributed by atoms with Crippen LogP contribution >= 0.6 is 0 Å². The van der Waals surface area contributed by atoms with Gasteiger partial charge in [0.25, 0.3) is 0 Å². The quantitative estimate of drug-likeness (QED) is 0.803. The zero-order valence-electron chi connectivity index (χ0n) is 12.0. The van der Waals surface area contributed by atoms with Gasteiger partial charge in [-0.2, -0.15) is 4.98 Å². The molecule has 2 unspecified atom stereocenters. The lowest BCUT2D eigenvalue weighted by atomic mass is 10.1. The van der Waals surface area contributed by atoms with Crippen LogP contribution in [0.2, 0.25) is 0 Å². The van der Waals surface area contributed by atoms with Crippen LogP contribution in [0.15, 0.2) is 12.4 Å². The second-order valence-electron chi connectivity index (χ2n) is 4.78. The van der Waals surface area contributed by atoms with Gasteiger partial charge in [0.15, 0.2) is 0 Å². The van der Waals surface area contributed by atoms with Crippen LogP contribution in [0.4, 0.5) is 5.82 Å². The van der Waals surface area contributed by atoms with Gasteiger partial charge in [-0.05, 0) is 33.1 Å². The topological polar surface area (TPSA) is 73.3 Å². The highest BCUT2D eigenvalue weighted by molar-refractivity contribution is 5.73. The van der Waals surface area contributed by atoms with Crippen molar-refractivity contribution in [3.8, 4) is 5.88 Å². The number of nitrogens with one attached hydrogen (secondary N) is 1. The molecule has 6 heteroatoms. The summed E-state index contributed by atoms with van der Waals surface area (Å²) in [4.78, 5) is 20.1. The van der Waals surface area contributed by atoms with Crippen LogP contribution in [-0.4, -0.2) is 35.2 Å².